The third kappa shape index (κ3) is 3.77. The van der Waals surface area contributed by atoms with Crippen LogP contribution in [0.25, 0.3) is 10.8 Å². The van der Waals surface area contributed by atoms with Crippen molar-refractivity contribution in [2.24, 2.45) is 0 Å². The Morgan fingerprint density at radius 2 is 1.21 bits per heavy atom. The van der Waals surface area contributed by atoms with Crippen LogP contribution in [0.5, 0.6) is 0 Å². The maximum absolute atomic E-state index is 13.4. The third-order valence-corrected chi connectivity index (χ3v) is 5.04. The van der Waals surface area contributed by atoms with Gasteiger partial charge in [-0.05, 0) is 22.4 Å². The summed E-state index contributed by atoms with van der Waals surface area (Å²) in [6.45, 7) is 0. The summed E-state index contributed by atoms with van der Waals surface area (Å²) in [4.78, 5) is 26.2. The third-order valence-electron chi connectivity index (χ3n) is 5.04. The number of fused-ring (bicyclic) bond motifs is 1. The Hall–Kier alpha value is -3.52. The molecule has 0 aromatic heterocycles. The number of hydrogen-bond donors (Lipinski definition) is 0. The van der Waals surface area contributed by atoms with Crippen molar-refractivity contribution in [1.29, 1.82) is 0 Å². The predicted octanol–water partition coefficient (Wildman–Crippen LogP) is 6.08. The van der Waals surface area contributed by atoms with Gasteiger partial charge in [0.25, 0.3) is 0 Å². The molecule has 0 fully saturated rings. The number of benzene rings is 4. The fourth-order valence-electron chi connectivity index (χ4n) is 3.52. The zero-order valence-electron chi connectivity index (χ0n) is 15.4. The fraction of sp³-hybridized carbons (Fsp3) is 0.0769. The van der Waals surface area contributed by atoms with Crippen LogP contribution in [-0.2, 0) is 0 Å². The van der Waals surface area contributed by atoms with E-state index < -0.39 is 5.92 Å². The molecule has 0 bridgehead atoms. The molecule has 0 N–H and O–H groups in total. The van der Waals surface area contributed by atoms with Gasteiger partial charge in [-0.15, -0.1) is 0 Å². The highest BCUT2D eigenvalue weighted by Crippen LogP contribution is 2.28. The highest BCUT2D eigenvalue weighted by atomic mass is 16.1. The lowest BCUT2D eigenvalue weighted by Crippen LogP contribution is -2.17. The van der Waals surface area contributed by atoms with E-state index in [1.165, 1.54) is 0 Å². The standard InChI is InChI=1S/C26H20O2/c27-25(21-12-5-2-6-13-21)18-24(20-10-3-1-4-11-20)26(28)23-16-15-19-9-7-8-14-22(19)17-23/h1-17,24H,18H2/t24-/m1/s1. The van der Waals surface area contributed by atoms with Crippen LogP contribution < -0.4 is 0 Å². The molecular weight excluding hydrogens is 344 g/mol. The first-order valence-corrected chi connectivity index (χ1v) is 9.38. The summed E-state index contributed by atoms with van der Waals surface area (Å²) in [5, 5.41) is 2.12. The summed E-state index contributed by atoms with van der Waals surface area (Å²) < 4.78 is 0. The Bertz CT molecular complexity index is 1110. The van der Waals surface area contributed by atoms with Crippen LogP contribution in [0.4, 0.5) is 0 Å². The van der Waals surface area contributed by atoms with E-state index in [1.54, 1.807) is 12.1 Å². The molecule has 0 amide bonds. The summed E-state index contributed by atoms with van der Waals surface area (Å²) in [6.07, 6.45) is 0.152. The van der Waals surface area contributed by atoms with E-state index in [4.69, 9.17) is 0 Å². The van der Waals surface area contributed by atoms with Gasteiger partial charge in [-0.25, -0.2) is 0 Å². The highest BCUT2D eigenvalue weighted by molar-refractivity contribution is 6.07. The van der Waals surface area contributed by atoms with E-state index in [-0.39, 0.29) is 18.0 Å². The Morgan fingerprint density at radius 3 is 1.93 bits per heavy atom. The number of hydrogen-bond acceptors (Lipinski definition) is 2. The molecule has 0 aliphatic rings. The maximum atomic E-state index is 13.4. The van der Waals surface area contributed by atoms with Crippen LogP contribution in [0.3, 0.4) is 0 Å². The molecule has 0 radical (unpaired) electrons. The highest BCUT2D eigenvalue weighted by Gasteiger charge is 2.25. The molecule has 1 atom stereocenters. The van der Waals surface area contributed by atoms with Crippen molar-refractivity contribution < 1.29 is 9.59 Å². The fourth-order valence-corrected chi connectivity index (χ4v) is 3.52. The van der Waals surface area contributed by atoms with E-state index in [2.05, 4.69) is 0 Å². The van der Waals surface area contributed by atoms with Crippen molar-refractivity contribution >= 4 is 22.3 Å². The van der Waals surface area contributed by atoms with Crippen molar-refractivity contribution in [2.75, 3.05) is 0 Å². The average Bonchev–Trinajstić information content (AvgIpc) is 2.77. The van der Waals surface area contributed by atoms with Gasteiger partial charge in [0.15, 0.2) is 11.6 Å². The quantitative estimate of drug-likeness (QED) is 0.389. The van der Waals surface area contributed by atoms with Gasteiger partial charge in [-0.3, -0.25) is 9.59 Å². The topological polar surface area (TPSA) is 34.1 Å². The molecule has 4 aromatic rings. The van der Waals surface area contributed by atoms with Gasteiger partial charge in [-0.2, -0.15) is 0 Å². The second kappa shape index (κ2) is 8.01. The van der Waals surface area contributed by atoms with Gasteiger partial charge in [0.1, 0.15) is 0 Å². The normalized spacial score (nSPS) is 11.9. The van der Waals surface area contributed by atoms with Crippen molar-refractivity contribution in [3.05, 3.63) is 120 Å². The molecule has 0 aliphatic heterocycles. The number of ketones is 2. The van der Waals surface area contributed by atoms with Crippen molar-refractivity contribution in [3.8, 4) is 0 Å². The Kier molecular flexibility index (Phi) is 5.11. The molecule has 136 valence electrons. The van der Waals surface area contributed by atoms with Gasteiger partial charge in [0.05, 0.1) is 5.92 Å². The summed E-state index contributed by atoms with van der Waals surface area (Å²) in [7, 11) is 0. The zero-order chi connectivity index (χ0) is 19.3. The van der Waals surface area contributed by atoms with Crippen LogP contribution in [0, 0.1) is 0 Å². The van der Waals surface area contributed by atoms with Gasteiger partial charge in [0.2, 0.25) is 0 Å². The van der Waals surface area contributed by atoms with Crippen LogP contribution in [-0.4, -0.2) is 11.6 Å². The smallest absolute Gasteiger partial charge is 0.170 e. The van der Waals surface area contributed by atoms with Crippen LogP contribution >= 0.6 is 0 Å². The molecule has 0 saturated heterocycles. The molecule has 2 nitrogen and oxygen atoms in total. The number of rotatable bonds is 6. The zero-order valence-corrected chi connectivity index (χ0v) is 15.4. The maximum Gasteiger partial charge on any atom is 0.170 e. The second-order valence-electron chi connectivity index (χ2n) is 6.88. The second-order valence-corrected chi connectivity index (χ2v) is 6.88. The van der Waals surface area contributed by atoms with E-state index >= 15 is 0 Å². The summed E-state index contributed by atoms with van der Waals surface area (Å²) in [5.41, 5.74) is 2.13. The minimum absolute atomic E-state index is 0.0245. The van der Waals surface area contributed by atoms with Crippen molar-refractivity contribution in [1.82, 2.24) is 0 Å². The molecule has 0 heterocycles. The number of carbonyl (C=O) groups is 2. The largest absolute Gasteiger partial charge is 0.294 e. The lowest BCUT2D eigenvalue weighted by molar-refractivity contribution is 0.0893. The molecule has 0 spiro atoms. The number of Topliss-reactive ketones (excluding diaryl/α,β-unsaturated/α-hetero) is 2. The molecule has 0 unspecified atom stereocenters. The van der Waals surface area contributed by atoms with Gasteiger partial charge in [-0.1, -0.05) is 97.1 Å². The average molecular weight is 364 g/mol. The molecule has 0 aliphatic carbocycles. The van der Waals surface area contributed by atoms with E-state index in [9.17, 15) is 9.59 Å². The van der Waals surface area contributed by atoms with Crippen molar-refractivity contribution in [2.45, 2.75) is 12.3 Å². The summed E-state index contributed by atoms with van der Waals surface area (Å²) in [6, 6.07) is 32.4. The lowest BCUT2D eigenvalue weighted by Gasteiger charge is -2.16. The van der Waals surface area contributed by atoms with E-state index in [0.717, 1.165) is 16.3 Å². The van der Waals surface area contributed by atoms with Crippen LogP contribution in [0.1, 0.15) is 38.6 Å². The molecule has 28 heavy (non-hydrogen) atoms. The van der Waals surface area contributed by atoms with Gasteiger partial charge >= 0.3 is 0 Å². The Labute approximate surface area is 164 Å². The SMILES string of the molecule is O=C(C[C@@H](C(=O)c1ccc2ccccc2c1)c1ccccc1)c1ccccc1. The Morgan fingerprint density at radius 1 is 0.607 bits per heavy atom. The molecule has 4 aromatic carbocycles. The van der Waals surface area contributed by atoms with E-state index in [1.807, 2.05) is 91.0 Å². The number of carbonyl (C=O) groups excluding carboxylic acids is 2. The van der Waals surface area contributed by atoms with Crippen LogP contribution in [0.15, 0.2) is 103 Å². The molecule has 4 rings (SSSR count). The van der Waals surface area contributed by atoms with Crippen LogP contribution in [0.2, 0.25) is 0 Å². The van der Waals surface area contributed by atoms with E-state index in [0.29, 0.717) is 11.1 Å². The molecular formula is C26H20O2. The monoisotopic (exact) mass is 364 g/mol. The first kappa shape index (κ1) is 17.9. The minimum atomic E-state index is -0.505. The van der Waals surface area contributed by atoms with Gasteiger partial charge in [0, 0.05) is 17.5 Å². The molecule has 0 saturated carbocycles. The summed E-state index contributed by atoms with van der Waals surface area (Å²) in [5.74, 6) is -0.556. The van der Waals surface area contributed by atoms with Gasteiger partial charge < -0.3 is 0 Å². The summed E-state index contributed by atoms with van der Waals surface area (Å²) >= 11 is 0. The first-order chi connectivity index (χ1) is 13.7. The lowest BCUT2D eigenvalue weighted by atomic mass is 9.85. The van der Waals surface area contributed by atoms with Crippen molar-refractivity contribution in [3.63, 3.8) is 0 Å². The predicted molar refractivity (Wildman–Crippen MR) is 113 cm³/mol. The minimum Gasteiger partial charge on any atom is -0.294 e. The molecule has 2 heteroatoms. The first-order valence-electron chi connectivity index (χ1n) is 9.38. The Balaban J connectivity index is 1.70.